The van der Waals surface area contributed by atoms with E-state index in [9.17, 15) is 79.1 Å². The Balaban J connectivity index is 1.84. The van der Waals surface area contributed by atoms with Crippen LogP contribution in [0.5, 0.6) is 0 Å². The van der Waals surface area contributed by atoms with Crippen LogP contribution in [0.15, 0.2) is 42.5 Å². The number of benzene rings is 2. The third-order valence-electron chi connectivity index (χ3n) is 17.6. The van der Waals surface area contributed by atoms with Crippen LogP contribution in [0.2, 0.25) is 5.02 Å². The lowest BCUT2D eigenvalue weighted by Crippen LogP contribution is -2.63. The normalized spacial score (nSPS) is 24.8. The molecule has 4 N–H and O–H groups in total. The quantitative estimate of drug-likeness (QED) is 0.210. The summed E-state index contributed by atoms with van der Waals surface area (Å²) in [6, 6.07) is -3.45. The van der Waals surface area contributed by atoms with Crippen molar-refractivity contribution in [1.82, 2.24) is 55.6 Å². The van der Waals surface area contributed by atoms with Crippen LogP contribution in [0.25, 0.3) is 0 Å². The number of alkyl halides is 6. The van der Waals surface area contributed by atoms with E-state index in [2.05, 4.69) is 21.3 Å². The number of fused-ring (bicyclic) bond motifs is 1. The van der Waals surface area contributed by atoms with Gasteiger partial charge < -0.3 is 55.6 Å². The van der Waals surface area contributed by atoms with Crippen LogP contribution in [0, 0.1) is 17.8 Å². The molecule has 93 heavy (non-hydrogen) atoms. The van der Waals surface area contributed by atoms with E-state index < -0.39 is 173 Å². The third-order valence-corrected chi connectivity index (χ3v) is 17.9. The summed E-state index contributed by atoms with van der Waals surface area (Å²) < 4.78 is 82.4. The van der Waals surface area contributed by atoms with Gasteiger partial charge in [0.2, 0.25) is 65.0 Å². The molecule has 0 radical (unpaired) electrons. The van der Waals surface area contributed by atoms with Crippen molar-refractivity contribution in [2.75, 3.05) is 61.9 Å². The average Bonchev–Trinajstić information content (AvgIpc) is 0.808. The van der Waals surface area contributed by atoms with Crippen molar-refractivity contribution in [3.05, 3.63) is 69.7 Å². The highest BCUT2D eigenvalue weighted by molar-refractivity contribution is 6.31. The smallest absolute Gasteiger partial charge is 0.343 e. The van der Waals surface area contributed by atoms with Crippen molar-refractivity contribution in [3.63, 3.8) is 0 Å². The standard InChI is InChI=1S/C64H92ClF6N11O11/c1-17-37(6)53-60(92)77(12)34-52(85)82-27-26-48(82)59(91)80(15)49(32-41-18-22-42(23-19-41)63(66,67)68)58(90)76(11)33-50(83)72-45(25-21-40-20-24-43(44(65)31-40)64(69,70)71)55(87)73-47(29-36(4)5)57(89)81(16)62(9,10)61(93)74-46(28-35(2)3)56(88)78(13)38(7)30-51(84)79(14)39(8)54(86)75-53/h18-20,22-24,31,35-39,45-49,53H,17,21,25-30,32-34H2,1-16H3,(H,72,83)(H,73,87)(H,74,93)(H,75,86)/t37-,38+,39-,45-,46-,47-,48?,49-,53-/m0/s1. The minimum atomic E-state index is -4.81. The zero-order valence-electron chi connectivity index (χ0n) is 55.9. The predicted molar refractivity (Wildman–Crippen MR) is 334 cm³/mol. The molecule has 22 nitrogen and oxygen atoms in total. The maximum Gasteiger partial charge on any atom is 0.417 e. The number of nitrogens with zero attached hydrogens (tertiary/aromatic N) is 7. The molecule has 0 bridgehead atoms. The lowest BCUT2D eigenvalue weighted by atomic mass is 9.95. The van der Waals surface area contributed by atoms with Gasteiger partial charge in [-0.15, -0.1) is 0 Å². The Kier molecular flexibility index (Phi) is 27.3. The number of likely N-dealkylation sites (N-methyl/N-ethyl adjacent to an activating group) is 6. The summed E-state index contributed by atoms with van der Waals surface area (Å²) in [6.07, 6.45) is -10.2. The monoisotopic (exact) mass is 1340 g/mol. The fourth-order valence-corrected chi connectivity index (χ4v) is 11.0. The highest BCUT2D eigenvalue weighted by Crippen LogP contribution is 2.36. The Labute approximate surface area is 545 Å². The molecule has 2 aromatic carbocycles. The van der Waals surface area contributed by atoms with Gasteiger partial charge in [-0.1, -0.05) is 77.8 Å². The van der Waals surface area contributed by atoms with Crippen molar-refractivity contribution in [2.45, 2.75) is 187 Å². The summed E-state index contributed by atoms with van der Waals surface area (Å²) in [4.78, 5) is 166. The first-order valence-electron chi connectivity index (χ1n) is 31.0. The van der Waals surface area contributed by atoms with Crippen molar-refractivity contribution in [2.24, 2.45) is 17.8 Å². The lowest BCUT2D eigenvalue weighted by Gasteiger charge is -2.43. The van der Waals surface area contributed by atoms with E-state index in [4.69, 9.17) is 11.6 Å². The molecule has 2 fully saturated rings. The maximum absolute atomic E-state index is 14.8. The number of halogens is 7. The Morgan fingerprint density at radius 3 is 1.69 bits per heavy atom. The fourth-order valence-electron chi connectivity index (χ4n) is 10.7. The van der Waals surface area contributed by atoms with Crippen molar-refractivity contribution in [1.29, 1.82) is 0 Å². The van der Waals surface area contributed by atoms with E-state index in [1.165, 1.54) is 72.9 Å². The first-order chi connectivity index (χ1) is 42.9. The van der Waals surface area contributed by atoms with Gasteiger partial charge in [-0.3, -0.25) is 52.7 Å². The Morgan fingerprint density at radius 1 is 0.613 bits per heavy atom. The number of nitrogens with one attached hydrogen (secondary N) is 4. The number of hydrogen-bond donors (Lipinski definition) is 4. The van der Waals surface area contributed by atoms with Crippen LogP contribution < -0.4 is 21.3 Å². The van der Waals surface area contributed by atoms with Crippen LogP contribution in [0.4, 0.5) is 26.3 Å². The van der Waals surface area contributed by atoms with Gasteiger partial charge >= 0.3 is 12.4 Å². The summed E-state index contributed by atoms with van der Waals surface area (Å²) in [5, 5.41) is 10.1. The summed E-state index contributed by atoms with van der Waals surface area (Å²) in [7, 11) is 7.88. The molecule has 2 saturated heterocycles. The summed E-state index contributed by atoms with van der Waals surface area (Å²) in [5.74, 6) is -9.48. The number of amides is 11. The number of hydrogen-bond acceptors (Lipinski definition) is 11. The van der Waals surface area contributed by atoms with Gasteiger partial charge in [0.05, 0.1) is 29.2 Å². The van der Waals surface area contributed by atoms with Gasteiger partial charge in [-0.2, -0.15) is 26.3 Å². The lowest BCUT2D eigenvalue weighted by molar-refractivity contribution is -0.157. The average molecular weight is 1340 g/mol. The molecule has 1 unspecified atom stereocenters. The van der Waals surface area contributed by atoms with Crippen LogP contribution in [-0.4, -0.2) is 215 Å². The second-order valence-electron chi connectivity index (χ2n) is 26.0. The van der Waals surface area contributed by atoms with Gasteiger partial charge in [0.15, 0.2) is 0 Å². The molecule has 2 heterocycles. The zero-order valence-corrected chi connectivity index (χ0v) is 56.7. The summed E-state index contributed by atoms with van der Waals surface area (Å²) in [6.45, 7) is 15.1. The van der Waals surface area contributed by atoms with E-state index in [1.54, 1.807) is 34.6 Å². The van der Waals surface area contributed by atoms with E-state index in [1.807, 2.05) is 13.8 Å². The molecule has 11 amide bonds. The molecule has 0 aromatic heterocycles. The summed E-state index contributed by atoms with van der Waals surface area (Å²) >= 11 is 6.06. The molecule has 2 aliphatic rings. The topological polar surface area (TPSA) is 259 Å². The second-order valence-corrected chi connectivity index (χ2v) is 26.4. The first-order valence-corrected chi connectivity index (χ1v) is 31.4. The largest absolute Gasteiger partial charge is 0.417 e. The van der Waals surface area contributed by atoms with Crippen molar-refractivity contribution < 1.29 is 79.1 Å². The highest BCUT2D eigenvalue weighted by Gasteiger charge is 2.45. The van der Waals surface area contributed by atoms with Gasteiger partial charge in [0.1, 0.15) is 47.8 Å². The van der Waals surface area contributed by atoms with Crippen molar-refractivity contribution >= 4 is 76.6 Å². The molecule has 29 heteroatoms. The Hall–Kier alpha value is -7.52. The molecule has 9 atom stereocenters. The molecule has 4 rings (SSSR count). The van der Waals surface area contributed by atoms with E-state index >= 15 is 0 Å². The maximum atomic E-state index is 14.8. The molecule has 0 saturated carbocycles. The van der Waals surface area contributed by atoms with Crippen LogP contribution in [0.3, 0.4) is 0 Å². The SMILES string of the molecule is CC[C@H](C)[C@@H]1NC(=O)[C@H](C)N(C)C(=O)C[C@@H](C)N(C)C(=O)[C@H](CC(C)C)NC(=O)C(C)(C)N(C)C(=O)[C@H](CC(C)C)NC(=O)[C@H](CCc2ccc(C(F)(F)F)c(Cl)c2)NC(=O)CN(C)C(=O)[C@H](Cc2ccc(C(F)(F)F)cc2)N(C)C(=O)C2CCN2C(=O)CN(C)C1=O. The van der Waals surface area contributed by atoms with E-state index in [0.717, 1.165) is 67.0 Å². The molecule has 2 aliphatic heterocycles. The van der Waals surface area contributed by atoms with Crippen LogP contribution >= 0.6 is 11.6 Å². The van der Waals surface area contributed by atoms with Crippen LogP contribution in [-0.2, 0) is 77.9 Å². The molecule has 0 aliphatic carbocycles. The van der Waals surface area contributed by atoms with Crippen molar-refractivity contribution in [3.8, 4) is 0 Å². The zero-order chi connectivity index (χ0) is 70.7. The van der Waals surface area contributed by atoms with Gasteiger partial charge in [-0.05, 0) is 113 Å². The molecule has 0 spiro atoms. The minimum Gasteiger partial charge on any atom is -0.343 e. The van der Waals surface area contributed by atoms with Gasteiger partial charge in [0, 0.05) is 67.7 Å². The molecular weight excluding hydrogens is 1250 g/mol. The number of rotatable bonds is 11. The minimum absolute atomic E-state index is 0.0332. The third kappa shape index (κ3) is 20.5. The highest BCUT2D eigenvalue weighted by atomic mass is 35.5. The molecule has 2 aromatic rings. The Morgan fingerprint density at radius 2 is 1.17 bits per heavy atom. The Bertz CT molecular complexity index is 3060. The number of carbonyl (C=O) groups excluding carboxylic acids is 11. The number of carbonyl (C=O) groups is 11. The summed E-state index contributed by atoms with van der Waals surface area (Å²) in [5.41, 5.74) is -3.53. The second kappa shape index (κ2) is 32.6. The van der Waals surface area contributed by atoms with E-state index in [0.29, 0.717) is 6.42 Å². The van der Waals surface area contributed by atoms with Crippen LogP contribution in [0.1, 0.15) is 130 Å². The van der Waals surface area contributed by atoms with E-state index in [-0.39, 0.29) is 68.0 Å². The molecular formula is C64H92ClF6N11O11. The predicted octanol–water partition coefficient (Wildman–Crippen LogP) is 5.31. The van der Waals surface area contributed by atoms with Gasteiger partial charge in [-0.25, -0.2) is 0 Å². The number of aryl methyl sites for hydroxylation is 1. The molecule has 518 valence electrons. The first kappa shape index (κ1) is 77.9. The fraction of sp³-hybridized carbons (Fsp3) is 0.641. The van der Waals surface area contributed by atoms with Gasteiger partial charge in [0.25, 0.3) is 0 Å².